The minimum atomic E-state index is 0.126. The first-order valence-corrected chi connectivity index (χ1v) is 7.45. The van der Waals surface area contributed by atoms with Crippen LogP contribution in [0.5, 0.6) is 0 Å². The molecule has 0 bridgehead atoms. The quantitative estimate of drug-likeness (QED) is 0.737. The summed E-state index contributed by atoms with van der Waals surface area (Å²) in [6, 6.07) is 0.374. The molecule has 4 N–H and O–H groups in total. The van der Waals surface area contributed by atoms with Crippen LogP contribution in [0.15, 0.2) is 0 Å². The van der Waals surface area contributed by atoms with Crippen molar-refractivity contribution in [1.82, 2.24) is 9.78 Å². The molecule has 5 nitrogen and oxygen atoms in total. The molecule has 0 radical (unpaired) electrons. The highest BCUT2D eigenvalue weighted by molar-refractivity contribution is 7.99. The predicted molar refractivity (Wildman–Crippen MR) is 79.2 cm³/mol. The molecule has 0 saturated heterocycles. The molecule has 0 aliphatic carbocycles. The molecular formula is C12H24N4OS. The normalized spacial score (nSPS) is 14.8. The zero-order valence-corrected chi connectivity index (χ0v) is 12.6. The molecule has 18 heavy (non-hydrogen) atoms. The Bertz CT molecular complexity index is 388. The first-order chi connectivity index (χ1) is 8.42. The molecular weight excluding hydrogens is 248 g/mol. The summed E-state index contributed by atoms with van der Waals surface area (Å²) in [7, 11) is 0. The van der Waals surface area contributed by atoms with Crippen LogP contribution >= 0.6 is 11.8 Å². The lowest BCUT2D eigenvalue weighted by molar-refractivity contribution is 0.288. The third kappa shape index (κ3) is 3.11. The second-order valence-electron chi connectivity index (χ2n) is 4.78. The summed E-state index contributed by atoms with van der Waals surface area (Å²) in [5.41, 5.74) is 7.58. The first-order valence-electron chi connectivity index (χ1n) is 6.17. The molecule has 1 aromatic rings. The summed E-state index contributed by atoms with van der Waals surface area (Å²) in [4.78, 5) is 0. The molecule has 0 spiro atoms. The molecule has 0 amide bonds. The molecule has 0 saturated carbocycles. The third-order valence-electron chi connectivity index (χ3n) is 3.03. The van der Waals surface area contributed by atoms with Gasteiger partial charge in [-0.2, -0.15) is 16.9 Å². The van der Waals surface area contributed by atoms with Crippen LogP contribution < -0.4 is 11.1 Å². The highest BCUT2D eigenvalue weighted by Crippen LogP contribution is 2.27. The van der Waals surface area contributed by atoms with Gasteiger partial charge in [-0.3, -0.25) is 0 Å². The van der Waals surface area contributed by atoms with E-state index in [1.54, 1.807) is 11.8 Å². The van der Waals surface area contributed by atoms with Crippen LogP contribution in [0.3, 0.4) is 0 Å². The van der Waals surface area contributed by atoms with Crippen LogP contribution in [0.4, 0.5) is 11.5 Å². The maximum Gasteiger partial charge on any atom is 0.148 e. The van der Waals surface area contributed by atoms with Crippen LogP contribution in [-0.4, -0.2) is 39.0 Å². The molecule has 2 atom stereocenters. The fraction of sp³-hybridized carbons (Fsp3) is 0.750. The van der Waals surface area contributed by atoms with Crippen molar-refractivity contribution < 1.29 is 5.11 Å². The monoisotopic (exact) mass is 272 g/mol. The third-order valence-corrected chi connectivity index (χ3v) is 4.19. The van der Waals surface area contributed by atoms with Gasteiger partial charge in [0.2, 0.25) is 0 Å². The van der Waals surface area contributed by atoms with Crippen LogP contribution in [0, 0.1) is 6.92 Å². The molecule has 2 unspecified atom stereocenters. The summed E-state index contributed by atoms with van der Waals surface area (Å²) in [6.07, 6.45) is 1.99. The van der Waals surface area contributed by atoms with E-state index in [0.29, 0.717) is 5.69 Å². The Labute approximate surface area is 113 Å². The molecule has 1 rings (SSSR count). The zero-order chi connectivity index (χ0) is 13.9. The number of nitrogens with two attached hydrogens (primary N) is 1. The average Bonchev–Trinajstić information content (AvgIpc) is 2.59. The van der Waals surface area contributed by atoms with Gasteiger partial charge >= 0.3 is 0 Å². The molecule has 0 fully saturated rings. The molecule has 1 heterocycles. The maximum atomic E-state index is 9.31. The van der Waals surface area contributed by atoms with E-state index in [4.69, 9.17) is 5.73 Å². The van der Waals surface area contributed by atoms with E-state index in [0.717, 1.165) is 11.5 Å². The number of nitrogens with one attached hydrogen (secondary N) is 1. The summed E-state index contributed by atoms with van der Waals surface area (Å²) >= 11 is 1.64. The minimum Gasteiger partial charge on any atom is -0.395 e. The zero-order valence-electron chi connectivity index (χ0n) is 11.8. The second-order valence-corrected chi connectivity index (χ2v) is 5.85. The van der Waals surface area contributed by atoms with Gasteiger partial charge in [-0.1, -0.05) is 0 Å². The Kier molecular flexibility index (Phi) is 5.34. The van der Waals surface area contributed by atoms with Gasteiger partial charge < -0.3 is 16.2 Å². The lowest BCUT2D eigenvalue weighted by Gasteiger charge is -2.24. The van der Waals surface area contributed by atoms with Crippen LogP contribution in [0.1, 0.15) is 32.5 Å². The van der Waals surface area contributed by atoms with Crippen LogP contribution in [0.25, 0.3) is 0 Å². The fourth-order valence-corrected chi connectivity index (χ4v) is 2.45. The Balaban J connectivity index is 2.96. The van der Waals surface area contributed by atoms with Crippen molar-refractivity contribution in [3.63, 3.8) is 0 Å². The lowest BCUT2D eigenvalue weighted by atomic mass is 10.2. The highest BCUT2D eigenvalue weighted by atomic mass is 32.2. The summed E-state index contributed by atoms with van der Waals surface area (Å²) < 4.78 is 1.90. The SMILES string of the molecule is CSC(CO)C(C)Nc1c(N)c(C)nn1C(C)C. The molecule has 0 aliphatic rings. The number of aromatic nitrogens is 2. The van der Waals surface area contributed by atoms with Crippen molar-refractivity contribution in [2.45, 2.75) is 45.0 Å². The summed E-state index contributed by atoms with van der Waals surface area (Å²) in [6.45, 7) is 8.23. The highest BCUT2D eigenvalue weighted by Gasteiger charge is 2.20. The van der Waals surface area contributed by atoms with Gasteiger partial charge in [0, 0.05) is 17.3 Å². The van der Waals surface area contributed by atoms with Crippen molar-refractivity contribution in [3.8, 4) is 0 Å². The van der Waals surface area contributed by atoms with Gasteiger partial charge in [0.15, 0.2) is 0 Å². The number of nitrogen functional groups attached to an aromatic ring is 1. The number of anilines is 2. The Morgan fingerprint density at radius 2 is 2.06 bits per heavy atom. The van der Waals surface area contributed by atoms with Gasteiger partial charge in [-0.05, 0) is 34.0 Å². The van der Waals surface area contributed by atoms with Crippen LogP contribution in [0.2, 0.25) is 0 Å². The standard InChI is InChI=1S/C12H24N4OS/c1-7(2)16-12(11(13)9(4)15-16)14-8(3)10(6-17)18-5/h7-8,10,14,17H,6,13H2,1-5H3. The molecule has 104 valence electrons. The van der Waals surface area contributed by atoms with Gasteiger partial charge in [-0.15, -0.1) is 0 Å². The fourth-order valence-electron chi connectivity index (χ4n) is 1.82. The van der Waals surface area contributed by atoms with E-state index in [1.807, 2.05) is 24.8 Å². The summed E-state index contributed by atoms with van der Waals surface area (Å²) in [5.74, 6) is 0.850. The number of nitrogens with zero attached hydrogens (tertiary/aromatic N) is 2. The maximum absolute atomic E-state index is 9.31. The molecule has 1 aromatic heterocycles. The predicted octanol–water partition coefficient (Wildman–Crippen LogP) is 1.88. The number of aryl methyl sites for hydroxylation is 1. The Hall–Kier alpha value is -0.880. The number of hydrogen-bond acceptors (Lipinski definition) is 5. The molecule has 0 aromatic carbocycles. The van der Waals surface area contributed by atoms with E-state index in [2.05, 4.69) is 24.3 Å². The summed E-state index contributed by atoms with van der Waals surface area (Å²) in [5, 5.41) is 17.3. The van der Waals surface area contributed by atoms with Crippen molar-refractivity contribution >= 4 is 23.3 Å². The topological polar surface area (TPSA) is 76.1 Å². The van der Waals surface area contributed by atoms with Gasteiger partial charge in [0.25, 0.3) is 0 Å². The van der Waals surface area contributed by atoms with Crippen molar-refractivity contribution in [1.29, 1.82) is 0 Å². The van der Waals surface area contributed by atoms with Gasteiger partial charge in [0.1, 0.15) is 5.82 Å². The van der Waals surface area contributed by atoms with E-state index in [1.165, 1.54) is 0 Å². The number of rotatable bonds is 6. The smallest absolute Gasteiger partial charge is 0.148 e. The van der Waals surface area contributed by atoms with Gasteiger partial charge in [-0.25, -0.2) is 4.68 Å². The Morgan fingerprint density at radius 1 is 1.44 bits per heavy atom. The number of thioether (sulfide) groups is 1. The van der Waals surface area contributed by atoms with Crippen LogP contribution in [-0.2, 0) is 0 Å². The molecule has 0 aliphatic heterocycles. The van der Waals surface area contributed by atoms with E-state index in [9.17, 15) is 5.11 Å². The minimum absolute atomic E-state index is 0.126. The first kappa shape index (κ1) is 15.2. The number of aliphatic hydroxyl groups excluding tert-OH is 1. The van der Waals surface area contributed by atoms with Crippen molar-refractivity contribution in [2.75, 3.05) is 23.9 Å². The lowest BCUT2D eigenvalue weighted by Crippen LogP contribution is -2.32. The van der Waals surface area contributed by atoms with E-state index >= 15 is 0 Å². The number of aliphatic hydroxyl groups is 1. The van der Waals surface area contributed by atoms with Crippen molar-refractivity contribution in [3.05, 3.63) is 5.69 Å². The van der Waals surface area contributed by atoms with E-state index < -0.39 is 0 Å². The largest absolute Gasteiger partial charge is 0.395 e. The van der Waals surface area contributed by atoms with Crippen molar-refractivity contribution in [2.24, 2.45) is 0 Å². The second kappa shape index (κ2) is 6.33. The molecule has 6 heteroatoms. The average molecular weight is 272 g/mol. The van der Waals surface area contributed by atoms with E-state index in [-0.39, 0.29) is 23.9 Å². The van der Waals surface area contributed by atoms with Gasteiger partial charge in [0.05, 0.1) is 18.0 Å². The number of hydrogen-bond donors (Lipinski definition) is 3. The Morgan fingerprint density at radius 3 is 2.50 bits per heavy atom.